The molecule has 2 heteroatoms. The quantitative estimate of drug-likeness (QED) is 0.746. The first-order valence-electron chi connectivity index (χ1n) is 7.20. The summed E-state index contributed by atoms with van der Waals surface area (Å²) < 4.78 is 2.21. The molecule has 0 amide bonds. The molecule has 2 rings (SSSR count). The van der Waals surface area contributed by atoms with Gasteiger partial charge in [-0.25, -0.2) is 0 Å². The van der Waals surface area contributed by atoms with E-state index in [4.69, 9.17) is 0 Å². The van der Waals surface area contributed by atoms with Crippen LogP contribution in [0.1, 0.15) is 37.3 Å². The fourth-order valence-electron chi connectivity index (χ4n) is 2.29. The Balaban J connectivity index is 1.69. The normalized spacial score (nSPS) is 12.5. The molecular weight excluding hydrogens is 232 g/mol. The van der Waals surface area contributed by atoms with Crippen LogP contribution in [0.25, 0.3) is 0 Å². The molecule has 0 aliphatic heterocycles. The molecule has 0 bridgehead atoms. The lowest BCUT2D eigenvalue weighted by Crippen LogP contribution is -2.16. The number of aryl methyl sites for hydroxylation is 1. The van der Waals surface area contributed by atoms with E-state index < -0.39 is 0 Å². The van der Waals surface area contributed by atoms with E-state index in [9.17, 15) is 0 Å². The maximum absolute atomic E-state index is 3.53. The van der Waals surface area contributed by atoms with Gasteiger partial charge in [0.15, 0.2) is 0 Å². The Bertz CT molecular complexity index is 473. The second-order valence-corrected chi connectivity index (χ2v) is 5.13. The summed E-state index contributed by atoms with van der Waals surface area (Å²) in [5.74, 6) is 0.619. The maximum Gasteiger partial charge on any atom is 0.0220 e. The zero-order valence-electron chi connectivity index (χ0n) is 12.0. The number of hydrogen-bond donors (Lipinski definition) is 1. The monoisotopic (exact) mass is 256 g/mol. The third-order valence-corrected chi connectivity index (χ3v) is 3.63. The Hall–Kier alpha value is -1.54. The molecule has 0 saturated carbocycles. The van der Waals surface area contributed by atoms with Crippen LogP contribution in [0.4, 0.5) is 0 Å². The molecule has 1 aromatic heterocycles. The summed E-state index contributed by atoms with van der Waals surface area (Å²) in [5, 5.41) is 3.53. The molecule has 0 aliphatic carbocycles. The minimum atomic E-state index is 0.619. The van der Waals surface area contributed by atoms with E-state index in [0.717, 1.165) is 19.6 Å². The fraction of sp³-hybridized carbons (Fsp3) is 0.412. The molecule has 0 fully saturated rings. The van der Waals surface area contributed by atoms with Crippen LogP contribution in [-0.4, -0.2) is 11.1 Å². The van der Waals surface area contributed by atoms with E-state index in [1.54, 1.807) is 0 Å². The zero-order chi connectivity index (χ0) is 13.5. The van der Waals surface area contributed by atoms with Crippen molar-refractivity contribution in [2.75, 3.05) is 6.54 Å². The summed E-state index contributed by atoms with van der Waals surface area (Å²) >= 11 is 0. The molecular formula is C17H24N2. The molecule has 102 valence electrons. The van der Waals surface area contributed by atoms with Gasteiger partial charge in [-0.05, 0) is 43.0 Å². The second-order valence-electron chi connectivity index (χ2n) is 5.13. The molecule has 0 spiro atoms. The Kier molecular flexibility index (Phi) is 5.22. The maximum atomic E-state index is 3.53. The number of rotatable bonds is 7. The Morgan fingerprint density at radius 3 is 2.63 bits per heavy atom. The Labute approximate surface area is 116 Å². The number of nitrogens with zero attached hydrogens (tertiary/aromatic N) is 1. The highest BCUT2D eigenvalue weighted by Gasteiger charge is 2.04. The van der Waals surface area contributed by atoms with Crippen LogP contribution in [0.3, 0.4) is 0 Å². The van der Waals surface area contributed by atoms with Gasteiger partial charge in [0.25, 0.3) is 0 Å². The number of aromatic nitrogens is 1. The van der Waals surface area contributed by atoms with Crippen LogP contribution in [0, 0.1) is 0 Å². The Morgan fingerprint density at radius 2 is 1.95 bits per heavy atom. The molecule has 0 saturated heterocycles. The first kappa shape index (κ1) is 13.9. The lowest BCUT2D eigenvalue weighted by atomic mass is 9.98. The van der Waals surface area contributed by atoms with Crippen LogP contribution < -0.4 is 5.32 Å². The van der Waals surface area contributed by atoms with Crippen LogP contribution in [-0.2, 0) is 13.1 Å². The first-order chi connectivity index (χ1) is 9.29. The minimum absolute atomic E-state index is 0.619. The molecule has 0 radical (unpaired) electrons. The highest BCUT2D eigenvalue weighted by Crippen LogP contribution is 2.17. The van der Waals surface area contributed by atoms with Gasteiger partial charge in [0, 0.05) is 25.5 Å². The van der Waals surface area contributed by atoms with Crippen molar-refractivity contribution in [2.45, 2.75) is 39.3 Å². The predicted octanol–water partition coefficient (Wildman–Crippen LogP) is 3.79. The highest BCUT2D eigenvalue weighted by atomic mass is 14.9. The molecule has 1 unspecified atom stereocenters. The van der Waals surface area contributed by atoms with Crippen molar-refractivity contribution in [3.63, 3.8) is 0 Å². The topological polar surface area (TPSA) is 17.0 Å². The van der Waals surface area contributed by atoms with Gasteiger partial charge in [0.05, 0.1) is 0 Å². The minimum Gasteiger partial charge on any atom is -0.354 e. The molecule has 0 aliphatic rings. The fourth-order valence-corrected chi connectivity index (χ4v) is 2.29. The van der Waals surface area contributed by atoms with Gasteiger partial charge < -0.3 is 9.88 Å². The molecule has 2 aromatic rings. The van der Waals surface area contributed by atoms with Crippen molar-refractivity contribution in [3.8, 4) is 0 Å². The van der Waals surface area contributed by atoms with Gasteiger partial charge >= 0.3 is 0 Å². The van der Waals surface area contributed by atoms with E-state index in [-0.39, 0.29) is 0 Å². The summed E-state index contributed by atoms with van der Waals surface area (Å²) in [6.45, 7) is 7.54. The van der Waals surface area contributed by atoms with Gasteiger partial charge in [-0.2, -0.15) is 0 Å². The lowest BCUT2D eigenvalue weighted by molar-refractivity contribution is 0.593. The van der Waals surface area contributed by atoms with Crippen molar-refractivity contribution in [2.24, 2.45) is 0 Å². The van der Waals surface area contributed by atoms with E-state index in [1.165, 1.54) is 17.5 Å². The van der Waals surface area contributed by atoms with Crippen LogP contribution in [0.5, 0.6) is 0 Å². The van der Waals surface area contributed by atoms with Crippen molar-refractivity contribution in [1.29, 1.82) is 0 Å². The van der Waals surface area contributed by atoms with Gasteiger partial charge in [0.1, 0.15) is 0 Å². The summed E-state index contributed by atoms with van der Waals surface area (Å²) in [7, 11) is 0. The SMILES string of the molecule is CCn1ccc(CNCCC(C)c2ccccc2)c1. The van der Waals surface area contributed by atoms with Crippen LogP contribution >= 0.6 is 0 Å². The van der Waals surface area contributed by atoms with E-state index in [0.29, 0.717) is 5.92 Å². The van der Waals surface area contributed by atoms with E-state index in [2.05, 4.69) is 72.5 Å². The average Bonchev–Trinajstić information content (AvgIpc) is 2.92. The summed E-state index contributed by atoms with van der Waals surface area (Å²) in [6.07, 6.45) is 5.54. The lowest BCUT2D eigenvalue weighted by Gasteiger charge is -2.12. The average molecular weight is 256 g/mol. The van der Waals surface area contributed by atoms with Crippen molar-refractivity contribution in [3.05, 3.63) is 59.9 Å². The van der Waals surface area contributed by atoms with Gasteiger partial charge in [0.2, 0.25) is 0 Å². The van der Waals surface area contributed by atoms with E-state index in [1.807, 2.05) is 0 Å². The molecule has 2 nitrogen and oxygen atoms in total. The van der Waals surface area contributed by atoms with Gasteiger partial charge in [-0.15, -0.1) is 0 Å². The molecule has 1 atom stereocenters. The Morgan fingerprint density at radius 1 is 1.16 bits per heavy atom. The number of nitrogens with one attached hydrogen (secondary N) is 1. The largest absolute Gasteiger partial charge is 0.354 e. The predicted molar refractivity (Wildman–Crippen MR) is 81.3 cm³/mol. The smallest absolute Gasteiger partial charge is 0.0220 e. The first-order valence-corrected chi connectivity index (χ1v) is 7.20. The van der Waals surface area contributed by atoms with Gasteiger partial charge in [-0.3, -0.25) is 0 Å². The van der Waals surface area contributed by atoms with Crippen molar-refractivity contribution >= 4 is 0 Å². The van der Waals surface area contributed by atoms with Gasteiger partial charge in [-0.1, -0.05) is 37.3 Å². The zero-order valence-corrected chi connectivity index (χ0v) is 12.0. The number of hydrogen-bond acceptors (Lipinski definition) is 1. The molecule has 1 heterocycles. The summed E-state index contributed by atoms with van der Waals surface area (Å²) in [4.78, 5) is 0. The number of benzene rings is 1. The molecule has 1 N–H and O–H groups in total. The highest BCUT2D eigenvalue weighted by molar-refractivity contribution is 5.18. The van der Waals surface area contributed by atoms with E-state index >= 15 is 0 Å². The molecule has 1 aromatic carbocycles. The summed E-state index contributed by atoms with van der Waals surface area (Å²) in [5.41, 5.74) is 2.80. The standard InChI is InChI=1S/C17H24N2/c1-3-19-12-10-16(14-19)13-18-11-9-15(2)17-7-5-4-6-8-17/h4-8,10,12,14-15,18H,3,9,11,13H2,1-2H3. The third-order valence-electron chi connectivity index (χ3n) is 3.63. The van der Waals surface area contributed by atoms with Crippen LogP contribution in [0.2, 0.25) is 0 Å². The molecule has 19 heavy (non-hydrogen) atoms. The third kappa shape index (κ3) is 4.25. The van der Waals surface area contributed by atoms with Crippen molar-refractivity contribution < 1.29 is 0 Å². The van der Waals surface area contributed by atoms with Crippen LogP contribution in [0.15, 0.2) is 48.8 Å². The second kappa shape index (κ2) is 7.15. The summed E-state index contributed by atoms with van der Waals surface area (Å²) in [6, 6.07) is 12.9. The van der Waals surface area contributed by atoms with Crippen molar-refractivity contribution in [1.82, 2.24) is 9.88 Å².